The van der Waals surface area contributed by atoms with Crippen molar-refractivity contribution in [1.82, 2.24) is 20.3 Å². The molecule has 3 N–H and O–H groups in total. The number of amides is 1. The highest BCUT2D eigenvalue weighted by Gasteiger charge is 2.18. The van der Waals surface area contributed by atoms with Gasteiger partial charge in [-0.05, 0) is 61.2 Å². The molecule has 26 heavy (non-hydrogen) atoms. The Hall–Kier alpha value is -2.86. The molecule has 3 aromatic rings. The Morgan fingerprint density at radius 3 is 2.46 bits per heavy atom. The Morgan fingerprint density at radius 1 is 1.15 bits per heavy atom. The van der Waals surface area contributed by atoms with Crippen molar-refractivity contribution in [2.75, 3.05) is 12.3 Å². The van der Waals surface area contributed by atoms with Crippen LogP contribution in [0, 0.1) is 13.8 Å². The van der Waals surface area contributed by atoms with Crippen molar-refractivity contribution in [3.05, 3.63) is 69.9 Å². The Kier molecular flexibility index (Phi) is 5.23. The third-order valence-electron chi connectivity index (χ3n) is 3.98. The molecule has 0 fully saturated rings. The molecule has 2 aromatic carbocycles. The number of aromatic nitrogens is 3. The van der Waals surface area contributed by atoms with Gasteiger partial charge in [0.05, 0.1) is 5.69 Å². The quantitative estimate of drug-likeness (QED) is 0.723. The molecule has 0 aliphatic carbocycles. The molecular formula is C19H20ClN5O. The fourth-order valence-corrected chi connectivity index (χ4v) is 2.90. The second-order valence-corrected chi connectivity index (χ2v) is 6.65. The van der Waals surface area contributed by atoms with E-state index in [1.165, 1.54) is 4.68 Å². The number of hydrogen-bond acceptors (Lipinski definition) is 4. The zero-order valence-corrected chi connectivity index (χ0v) is 15.4. The second kappa shape index (κ2) is 7.58. The van der Waals surface area contributed by atoms with Crippen molar-refractivity contribution in [3.8, 4) is 5.69 Å². The van der Waals surface area contributed by atoms with Crippen molar-refractivity contribution in [2.24, 2.45) is 0 Å². The number of anilines is 1. The third-order valence-corrected chi connectivity index (χ3v) is 4.24. The molecule has 3 rings (SSSR count). The molecule has 1 aromatic heterocycles. The van der Waals surface area contributed by atoms with Crippen LogP contribution in [0.25, 0.3) is 5.69 Å². The summed E-state index contributed by atoms with van der Waals surface area (Å²) in [4.78, 5) is 12.4. The van der Waals surface area contributed by atoms with Gasteiger partial charge in [-0.1, -0.05) is 35.0 Å². The number of nitrogen functional groups attached to an aromatic ring is 1. The average Bonchev–Trinajstić information content (AvgIpc) is 2.97. The zero-order chi connectivity index (χ0) is 18.7. The number of nitrogens with one attached hydrogen (secondary N) is 1. The summed E-state index contributed by atoms with van der Waals surface area (Å²) in [5.74, 6) is -0.119. The number of aryl methyl sites for hydroxylation is 2. The van der Waals surface area contributed by atoms with Gasteiger partial charge in [-0.2, -0.15) is 4.68 Å². The number of rotatable bonds is 5. The molecule has 7 heteroatoms. The van der Waals surface area contributed by atoms with Gasteiger partial charge in [0.2, 0.25) is 0 Å². The van der Waals surface area contributed by atoms with Crippen LogP contribution in [0.5, 0.6) is 0 Å². The maximum Gasteiger partial charge on any atom is 0.275 e. The predicted octanol–water partition coefficient (Wildman–Crippen LogP) is 3.09. The summed E-state index contributed by atoms with van der Waals surface area (Å²) in [5, 5.41) is 11.5. The van der Waals surface area contributed by atoms with E-state index in [2.05, 4.69) is 21.7 Å². The highest BCUT2D eigenvalue weighted by molar-refractivity contribution is 6.30. The van der Waals surface area contributed by atoms with Crippen LogP contribution < -0.4 is 11.1 Å². The molecule has 0 unspecified atom stereocenters. The lowest BCUT2D eigenvalue weighted by molar-refractivity contribution is 0.0950. The van der Waals surface area contributed by atoms with Crippen molar-refractivity contribution in [1.29, 1.82) is 0 Å². The van der Waals surface area contributed by atoms with E-state index >= 15 is 0 Å². The number of carbonyl (C=O) groups excluding carboxylic acids is 1. The summed E-state index contributed by atoms with van der Waals surface area (Å²) in [6.45, 7) is 4.46. The van der Waals surface area contributed by atoms with E-state index in [0.717, 1.165) is 22.4 Å². The first-order chi connectivity index (χ1) is 12.4. The molecule has 0 aliphatic heterocycles. The predicted molar refractivity (Wildman–Crippen MR) is 103 cm³/mol. The van der Waals surface area contributed by atoms with Gasteiger partial charge < -0.3 is 11.1 Å². The first-order valence-corrected chi connectivity index (χ1v) is 8.64. The van der Waals surface area contributed by atoms with E-state index in [1.54, 1.807) is 0 Å². The highest BCUT2D eigenvalue weighted by Crippen LogP contribution is 2.18. The minimum Gasteiger partial charge on any atom is -0.382 e. The largest absolute Gasteiger partial charge is 0.382 e. The van der Waals surface area contributed by atoms with Crippen LogP contribution in [0.15, 0.2) is 42.5 Å². The first kappa shape index (κ1) is 17.9. The lowest BCUT2D eigenvalue weighted by atomic mass is 10.1. The number of nitrogens with two attached hydrogens (primary N) is 1. The number of nitrogens with zero attached hydrogens (tertiary/aromatic N) is 3. The molecule has 0 spiro atoms. The molecular weight excluding hydrogens is 350 g/mol. The van der Waals surface area contributed by atoms with Crippen LogP contribution in [0.2, 0.25) is 5.02 Å². The highest BCUT2D eigenvalue weighted by atomic mass is 35.5. The Morgan fingerprint density at radius 2 is 1.81 bits per heavy atom. The molecule has 0 bridgehead atoms. The van der Waals surface area contributed by atoms with Crippen LogP contribution >= 0.6 is 11.6 Å². The molecule has 0 aliphatic rings. The van der Waals surface area contributed by atoms with Crippen LogP contribution in [-0.2, 0) is 6.42 Å². The first-order valence-electron chi connectivity index (χ1n) is 8.26. The van der Waals surface area contributed by atoms with E-state index in [-0.39, 0.29) is 17.4 Å². The SMILES string of the molecule is Cc1cc(C)cc(-n2nnc(C(=O)NCCc3ccc(Cl)cc3)c2N)c1. The Labute approximate surface area is 157 Å². The normalized spacial score (nSPS) is 10.7. The van der Waals surface area contributed by atoms with Crippen LogP contribution in [0.4, 0.5) is 5.82 Å². The van der Waals surface area contributed by atoms with Crippen LogP contribution in [0.1, 0.15) is 27.2 Å². The molecule has 1 heterocycles. The summed E-state index contributed by atoms with van der Waals surface area (Å²) in [5.41, 5.74) is 10.3. The lowest BCUT2D eigenvalue weighted by Crippen LogP contribution is -2.27. The van der Waals surface area contributed by atoms with Gasteiger partial charge in [-0.25, -0.2) is 0 Å². The van der Waals surface area contributed by atoms with E-state index < -0.39 is 0 Å². The molecule has 0 saturated heterocycles. The second-order valence-electron chi connectivity index (χ2n) is 6.21. The number of carbonyl (C=O) groups is 1. The van der Waals surface area contributed by atoms with Crippen molar-refractivity contribution in [3.63, 3.8) is 0 Å². The maximum absolute atomic E-state index is 12.4. The maximum atomic E-state index is 12.4. The van der Waals surface area contributed by atoms with E-state index in [0.29, 0.717) is 18.0 Å². The molecule has 0 radical (unpaired) electrons. The van der Waals surface area contributed by atoms with Crippen molar-refractivity contribution in [2.45, 2.75) is 20.3 Å². The summed E-state index contributed by atoms with van der Waals surface area (Å²) in [7, 11) is 0. The van der Waals surface area contributed by atoms with Gasteiger partial charge in [0, 0.05) is 11.6 Å². The van der Waals surface area contributed by atoms with Gasteiger partial charge in [0.15, 0.2) is 11.5 Å². The van der Waals surface area contributed by atoms with E-state index in [4.69, 9.17) is 17.3 Å². The minimum atomic E-state index is -0.341. The fraction of sp³-hybridized carbons (Fsp3) is 0.211. The van der Waals surface area contributed by atoms with Gasteiger partial charge in [0.1, 0.15) is 0 Å². The fourth-order valence-electron chi connectivity index (χ4n) is 2.77. The van der Waals surface area contributed by atoms with Crippen molar-refractivity contribution < 1.29 is 4.79 Å². The zero-order valence-electron chi connectivity index (χ0n) is 14.7. The number of hydrogen-bond donors (Lipinski definition) is 2. The molecule has 1 amide bonds. The standard InChI is InChI=1S/C19H20ClN5O/c1-12-9-13(2)11-16(10-12)25-18(21)17(23-24-25)19(26)22-8-7-14-3-5-15(20)6-4-14/h3-6,9-11H,7-8,21H2,1-2H3,(H,22,26). The summed E-state index contributed by atoms with van der Waals surface area (Å²) >= 11 is 5.86. The third kappa shape index (κ3) is 4.03. The summed E-state index contributed by atoms with van der Waals surface area (Å²) < 4.78 is 1.48. The summed E-state index contributed by atoms with van der Waals surface area (Å²) in [6.07, 6.45) is 0.689. The topological polar surface area (TPSA) is 85.8 Å². The lowest BCUT2D eigenvalue weighted by Gasteiger charge is -2.07. The van der Waals surface area contributed by atoms with Gasteiger partial charge in [-0.15, -0.1) is 5.10 Å². The van der Waals surface area contributed by atoms with Gasteiger partial charge in [0.25, 0.3) is 5.91 Å². The van der Waals surface area contributed by atoms with E-state index in [1.807, 2.05) is 50.2 Å². The van der Waals surface area contributed by atoms with Gasteiger partial charge in [-0.3, -0.25) is 4.79 Å². The Balaban J connectivity index is 1.68. The van der Waals surface area contributed by atoms with Crippen LogP contribution in [-0.4, -0.2) is 27.4 Å². The number of halogens is 1. The molecule has 6 nitrogen and oxygen atoms in total. The average molecular weight is 370 g/mol. The molecule has 134 valence electrons. The monoisotopic (exact) mass is 369 g/mol. The molecule has 0 atom stereocenters. The number of benzene rings is 2. The van der Waals surface area contributed by atoms with E-state index in [9.17, 15) is 4.79 Å². The summed E-state index contributed by atoms with van der Waals surface area (Å²) in [6, 6.07) is 13.5. The Bertz CT molecular complexity index is 913. The molecule has 0 saturated carbocycles. The smallest absolute Gasteiger partial charge is 0.275 e. The van der Waals surface area contributed by atoms with Gasteiger partial charge >= 0.3 is 0 Å². The van der Waals surface area contributed by atoms with Crippen molar-refractivity contribution >= 4 is 23.3 Å². The van der Waals surface area contributed by atoms with Crippen LogP contribution in [0.3, 0.4) is 0 Å². The minimum absolute atomic E-state index is 0.125.